The van der Waals surface area contributed by atoms with Crippen molar-refractivity contribution in [2.45, 2.75) is 16.3 Å². The molecular weight excluding hydrogens is 344 g/mol. The molecule has 0 aromatic heterocycles. The van der Waals surface area contributed by atoms with E-state index in [9.17, 15) is 0 Å². The summed E-state index contributed by atoms with van der Waals surface area (Å²) >= 11 is 19.8. The molecule has 2 aromatic rings. The molecule has 2 rings (SSSR count). The van der Waals surface area contributed by atoms with E-state index >= 15 is 0 Å². The topological polar surface area (TPSA) is 26.0 Å². The molecule has 19 heavy (non-hydrogen) atoms. The molecule has 0 unspecified atom stereocenters. The summed E-state index contributed by atoms with van der Waals surface area (Å²) in [7, 11) is 0. The van der Waals surface area contributed by atoms with Crippen LogP contribution in [0.5, 0.6) is 0 Å². The molecule has 0 fully saturated rings. The Morgan fingerprint density at radius 1 is 0.947 bits per heavy atom. The van der Waals surface area contributed by atoms with Gasteiger partial charge in [0.1, 0.15) is 0 Å². The van der Waals surface area contributed by atoms with Gasteiger partial charge in [-0.2, -0.15) is 0 Å². The Morgan fingerprint density at radius 3 is 1.95 bits per heavy atom. The molecule has 0 aliphatic heterocycles. The zero-order valence-electron chi connectivity index (χ0n) is 9.70. The smallest absolute Gasteiger partial charge is 0.0563 e. The van der Waals surface area contributed by atoms with Gasteiger partial charge in [0, 0.05) is 21.4 Å². The third-order valence-corrected chi connectivity index (χ3v) is 4.55. The Morgan fingerprint density at radius 2 is 1.47 bits per heavy atom. The molecule has 0 heterocycles. The van der Waals surface area contributed by atoms with E-state index in [0.717, 1.165) is 15.4 Å². The summed E-state index contributed by atoms with van der Waals surface area (Å²) in [5, 5.41) is 1.93. The van der Waals surface area contributed by atoms with Gasteiger partial charge in [0.05, 0.1) is 10.0 Å². The van der Waals surface area contributed by atoms with Crippen LogP contribution in [-0.2, 0) is 6.54 Å². The molecule has 0 radical (unpaired) electrons. The van der Waals surface area contributed by atoms with E-state index in [4.69, 9.17) is 40.5 Å². The van der Waals surface area contributed by atoms with E-state index in [-0.39, 0.29) is 12.4 Å². The quantitative estimate of drug-likeness (QED) is 0.767. The maximum absolute atomic E-state index is 6.21. The molecule has 0 aliphatic carbocycles. The van der Waals surface area contributed by atoms with Crippen molar-refractivity contribution < 1.29 is 0 Å². The molecule has 1 nitrogen and oxygen atoms in total. The van der Waals surface area contributed by atoms with Crippen LogP contribution in [0.1, 0.15) is 5.56 Å². The minimum Gasteiger partial charge on any atom is -0.326 e. The SMILES string of the molecule is Cl.NCc1cc(Cl)c(Sc2ccc(Cl)cc2)c(Cl)c1. The molecule has 0 aliphatic rings. The highest BCUT2D eigenvalue weighted by atomic mass is 35.5. The van der Waals surface area contributed by atoms with Crippen LogP contribution < -0.4 is 5.73 Å². The van der Waals surface area contributed by atoms with Gasteiger partial charge in [-0.05, 0) is 42.0 Å². The van der Waals surface area contributed by atoms with Gasteiger partial charge in [-0.1, -0.05) is 46.6 Å². The van der Waals surface area contributed by atoms with Crippen molar-refractivity contribution >= 4 is 59.0 Å². The number of benzene rings is 2. The van der Waals surface area contributed by atoms with Gasteiger partial charge >= 0.3 is 0 Å². The Kier molecular flexibility index (Phi) is 6.81. The van der Waals surface area contributed by atoms with Crippen molar-refractivity contribution in [3.05, 3.63) is 57.0 Å². The predicted molar refractivity (Wildman–Crippen MR) is 87.2 cm³/mol. The van der Waals surface area contributed by atoms with Crippen molar-refractivity contribution in [1.29, 1.82) is 0 Å². The maximum atomic E-state index is 6.21. The molecule has 2 aromatic carbocycles. The highest BCUT2D eigenvalue weighted by Crippen LogP contribution is 2.39. The van der Waals surface area contributed by atoms with E-state index in [1.54, 1.807) is 0 Å². The molecule has 0 amide bonds. The summed E-state index contributed by atoms with van der Waals surface area (Å²) in [6.45, 7) is 0.422. The van der Waals surface area contributed by atoms with Gasteiger partial charge in [0.2, 0.25) is 0 Å². The van der Waals surface area contributed by atoms with Gasteiger partial charge in [0.15, 0.2) is 0 Å². The minimum absolute atomic E-state index is 0. The molecule has 0 saturated carbocycles. The first-order chi connectivity index (χ1) is 8.60. The molecular formula is C13H11Cl4NS. The average molecular weight is 355 g/mol. The van der Waals surface area contributed by atoms with Gasteiger partial charge in [0.25, 0.3) is 0 Å². The summed E-state index contributed by atoms with van der Waals surface area (Å²) in [4.78, 5) is 1.86. The largest absolute Gasteiger partial charge is 0.326 e. The fourth-order valence-corrected chi connectivity index (χ4v) is 3.16. The number of nitrogens with two attached hydrogens (primary N) is 1. The maximum Gasteiger partial charge on any atom is 0.0563 e. The van der Waals surface area contributed by atoms with E-state index in [0.29, 0.717) is 21.6 Å². The second-order valence-electron chi connectivity index (χ2n) is 3.65. The minimum atomic E-state index is 0. The van der Waals surface area contributed by atoms with Crippen molar-refractivity contribution in [1.82, 2.24) is 0 Å². The lowest BCUT2D eigenvalue weighted by molar-refractivity contribution is 1.07. The fraction of sp³-hybridized carbons (Fsp3) is 0.0769. The molecule has 0 atom stereocenters. The zero-order valence-corrected chi connectivity index (χ0v) is 13.6. The summed E-state index contributed by atoms with van der Waals surface area (Å²) in [6, 6.07) is 11.2. The average Bonchev–Trinajstić information content (AvgIpc) is 2.35. The lowest BCUT2D eigenvalue weighted by atomic mass is 10.2. The van der Waals surface area contributed by atoms with E-state index < -0.39 is 0 Å². The first-order valence-corrected chi connectivity index (χ1v) is 7.16. The normalized spacial score (nSPS) is 10.1. The standard InChI is InChI=1S/C13H10Cl3NS.ClH/c14-9-1-3-10(4-2-9)18-13-11(15)5-8(7-17)6-12(13)16;/h1-6H,7,17H2;1H. The first kappa shape index (κ1) is 17.0. The van der Waals surface area contributed by atoms with Crippen LogP contribution in [0, 0.1) is 0 Å². The van der Waals surface area contributed by atoms with Gasteiger partial charge < -0.3 is 5.73 Å². The summed E-state index contributed by atoms with van der Waals surface area (Å²) in [5.74, 6) is 0. The first-order valence-electron chi connectivity index (χ1n) is 5.21. The Balaban J connectivity index is 0.00000180. The second-order valence-corrected chi connectivity index (χ2v) is 5.98. The summed E-state index contributed by atoms with van der Waals surface area (Å²) in [6.07, 6.45) is 0. The fourth-order valence-electron chi connectivity index (χ4n) is 1.45. The molecule has 0 saturated heterocycles. The van der Waals surface area contributed by atoms with E-state index in [1.807, 2.05) is 36.4 Å². The highest BCUT2D eigenvalue weighted by molar-refractivity contribution is 7.99. The van der Waals surface area contributed by atoms with Crippen molar-refractivity contribution in [2.24, 2.45) is 5.73 Å². The third kappa shape index (κ3) is 4.45. The summed E-state index contributed by atoms with van der Waals surface area (Å²) < 4.78 is 0. The van der Waals surface area contributed by atoms with E-state index in [1.165, 1.54) is 11.8 Å². The Labute approximate surface area is 137 Å². The van der Waals surface area contributed by atoms with Crippen LogP contribution in [-0.4, -0.2) is 0 Å². The number of hydrogen-bond acceptors (Lipinski definition) is 2. The van der Waals surface area contributed by atoms with Crippen LogP contribution in [0.4, 0.5) is 0 Å². The van der Waals surface area contributed by atoms with Gasteiger partial charge in [-0.25, -0.2) is 0 Å². The molecule has 102 valence electrons. The molecule has 0 spiro atoms. The lowest BCUT2D eigenvalue weighted by Crippen LogP contribution is -1.96. The van der Waals surface area contributed by atoms with Crippen molar-refractivity contribution in [3.63, 3.8) is 0 Å². The van der Waals surface area contributed by atoms with Crippen LogP contribution in [0.3, 0.4) is 0 Å². The molecule has 2 N–H and O–H groups in total. The second kappa shape index (κ2) is 7.63. The number of hydrogen-bond donors (Lipinski definition) is 1. The third-order valence-electron chi connectivity index (χ3n) is 2.33. The zero-order chi connectivity index (χ0) is 13.1. The van der Waals surface area contributed by atoms with Gasteiger partial charge in [-0.3, -0.25) is 0 Å². The van der Waals surface area contributed by atoms with Crippen LogP contribution in [0.2, 0.25) is 15.1 Å². The Bertz CT molecular complexity index is 534. The van der Waals surface area contributed by atoms with Crippen molar-refractivity contribution in [3.8, 4) is 0 Å². The van der Waals surface area contributed by atoms with Crippen LogP contribution in [0.15, 0.2) is 46.2 Å². The lowest BCUT2D eigenvalue weighted by Gasteiger charge is -2.09. The van der Waals surface area contributed by atoms with Gasteiger partial charge in [-0.15, -0.1) is 12.4 Å². The van der Waals surface area contributed by atoms with Crippen LogP contribution in [0.25, 0.3) is 0 Å². The van der Waals surface area contributed by atoms with Crippen molar-refractivity contribution in [2.75, 3.05) is 0 Å². The number of halogens is 4. The highest BCUT2D eigenvalue weighted by Gasteiger charge is 2.09. The monoisotopic (exact) mass is 353 g/mol. The summed E-state index contributed by atoms with van der Waals surface area (Å²) in [5.41, 5.74) is 6.49. The predicted octanol–water partition coefficient (Wildman–Crippen LogP) is 5.68. The van der Waals surface area contributed by atoms with Crippen LogP contribution >= 0.6 is 59.0 Å². The molecule has 0 bridgehead atoms. The van der Waals surface area contributed by atoms with E-state index in [2.05, 4.69) is 0 Å². The molecule has 6 heteroatoms. The Hall–Kier alpha value is -0.0900. The number of rotatable bonds is 3.